The number of carbonyl (C=O) groups excluding carboxylic acids is 4. The van der Waals surface area contributed by atoms with E-state index in [1.807, 2.05) is 52.8 Å². The van der Waals surface area contributed by atoms with Crippen LogP contribution in [0.5, 0.6) is 0 Å². The van der Waals surface area contributed by atoms with Crippen molar-refractivity contribution in [2.75, 3.05) is 65.9 Å². The predicted octanol–water partition coefficient (Wildman–Crippen LogP) is 3.84. The molecule has 0 atom stereocenters. The Bertz CT molecular complexity index is 1370. The number of hydrogen-bond donors (Lipinski definition) is 1. The topological polar surface area (TPSA) is 153 Å². The molecule has 1 aliphatic rings. The summed E-state index contributed by atoms with van der Waals surface area (Å²) < 4.78 is 32.7. The normalized spacial score (nSPS) is 13.4. The molecule has 0 unspecified atom stereocenters. The van der Waals surface area contributed by atoms with Gasteiger partial charge in [-0.2, -0.15) is 0 Å². The molecular formula is C35H50N2O10. The van der Waals surface area contributed by atoms with Gasteiger partial charge in [0, 0.05) is 23.1 Å². The van der Waals surface area contributed by atoms with Crippen molar-refractivity contribution in [1.29, 1.82) is 0 Å². The molecule has 0 radical (unpaired) electrons. The smallest absolute Gasteiger partial charge is 0.308 e. The molecule has 260 valence electrons. The molecule has 1 heterocycles. The molecule has 0 fully saturated rings. The minimum atomic E-state index is -0.738. The van der Waals surface area contributed by atoms with E-state index < -0.39 is 11.2 Å². The summed E-state index contributed by atoms with van der Waals surface area (Å²) in [5, 5.41) is 1.44. The van der Waals surface area contributed by atoms with Crippen LogP contribution in [0.4, 0.5) is 0 Å². The lowest BCUT2D eigenvalue weighted by Gasteiger charge is -2.28. The van der Waals surface area contributed by atoms with Gasteiger partial charge in [-0.3, -0.25) is 24.1 Å². The molecule has 0 spiro atoms. The first-order valence-corrected chi connectivity index (χ1v) is 16.2. The quantitative estimate of drug-likeness (QED) is 0.118. The number of rotatable bonds is 21. The first-order chi connectivity index (χ1) is 22.3. The van der Waals surface area contributed by atoms with E-state index >= 15 is 0 Å². The summed E-state index contributed by atoms with van der Waals surface area (Å²) >= 11 is 0. The molecule has 0 aliphatic carbocycles. The van der Waals surface area contributed by atoms with Crippen LogP contribution in [0.25, 0.3) is 10.8 Å². The van der Waals surface area contributed by atoms with Crippen LogP contribution in [0.2, 0.25) is 0 Å². The largest absolute Gasteiger partial charge is 0.460 e. The van der Waals surface area contributed by atoms with Crippen molar-refractivity contribution in [1.82, 2.24) is 4.90 Å². The fourth-order valence-electron chi connectivity index (χ4n) is 5.01. The zero-order valence-electron chi connectivity index (χ0n) is 28.4. The molecule has 47 heavy (non-hydrogen) atoms. The summed E-state index contributed by atoms with van der Waals surface area (Å²) in [4.78, 5) is 52.2. The molecule has 2 amide bonds. The van der Waals surface area contributed by atoms with Crippen LogP contribution in [-0.2, 0) is 44.4 Å². The molecule has 0 saturated heterocycles. The Hall–Kier alpha value is -3.42. The molecule has 3 rings (SSSR count). The van der Waals surface area contributed by atoms with Gasteiger partial charge in [-0.15, -0.1) is 0 Å². The maximum absolute atomic E-state index is 13.6. The Labute approximate surface area is 277 Å². The molecule has 2 aromatic rings. The lowest BCUT2D eigenvalue weighted by molar-refractivity contribution is -0.158. The molecule has 1 aliphatic heterocycles. The minimum absolute atomic E-state index is 0.0864. The first-order valence-electron chi connectivity index (χ1n) is 16.2. The summed E-state index contributed by atoms with van der Waals surface area (Å²) in [6.07, 6.45) is 1.36. The number of hydrogen-bond acceptors (Lipinski definition) is 11. The summed E-state index contributed by atoms with van der Waals surface area (Å²) in [6.45, 7) is 12.0. The third kappa shape index (κ3) is 12.6. The predicted molar refractivity (Wildman–Crippen MR) is 175 cm³/mol. The second-order valence-electron chi connectivity index (χ2n) is 12.9. The molecular weight excluding hydrogens is 608 g/mol. The minimum Gasteiger partial charge on any atom is -0.460 e. The fraction of sp³-hybridized carbons (Fsp3) is 0.600. The number of benzene rings is 2. The van der Waals surface area contributed by atoms with Crippen LogP contribution in [0, 0.1) is 0 Å². The lowest BCUT2D eigenvalue weighted by atomic mass is 9.90. The van der Waals surface area contributed by atoms with Crippen LogP contribution >= 0.6 is 0 Å². The molecule has 0 saturated carbocycles. The van der Waals surface area contributed by atoms with Crippen LogP contribution in [0.3, 0.4) is 0 Å². The molecule has 0 aromatic heterocycles. The number of esters is 2. The van der Waals surface area contributed by atoms with E-state index in [2.05, 4.69) is 0 Å². The average molecular weight is 659 g/mol. The zero-order chi connectivity index (χ0) is 34.5. The van der Waals surface area contributed by atoms with E-state index in [0.29, 0.717) is 55.7 Å². The monoisotopic (exact) mass is 658 g/mol. The number of amides is 2. The van der Waals surface area contributed by atoms with E-state index in [-0.39, 0.29) is 76.2 Å². The van der Waals surface area contributed by atoms with Crippen LogP contribution in [0.15, 0.2) is 30.3 Å². The van der Waals surface area contributed by atoms with E-state index in [1.54, 1.807) is 12.1 Å². The van der Waals surface area contributed by atoms with Gasteiger partial charge in [0.1, 0.15) is 11.2 Å². The highest BCUT2D eigenvalue weighted by molar-refractivity contribution is 6.25. The molecule has 12 nitrogen and oxygen atoms in total. The number of ether oxygens (including phenoxy) is 6. The second kappa shape index (κ2) is 18.2. The summed E-state index contributed by atoms with van der Waals surface area (Å²) in [5.74, 6) is -1.42. The van der Waals surface area contributed by atoms with Gasteiger partial charge in [0.25, 0.3) is 11.8 Å². The van der Waals surface area contributed by atoms with Gasteiger partial charge < -0.3 is 34.2 Å². The Morgan fingerprint density at radius 2 is 1.30 bits per heavy atom. The highest BCUT2D eigenvalue weighted by atomic mass is 16.6. The Balaban J connectivity index is 1.49. The van der Waals surface area contributed by atoms with Crippen molar-refractivity contribution in [3.05, 3.63) is 47.0 Å². The van der Waals surface area contributed by atoms with E-state index in [9.17, 15) is 19.2 Å². The number of nitrogens with zero attached hydrogens (tertiary/aromatic N) is 1. The number of carbonyl (C=O) groups is 4. The average Bonchev–Trinajstić information content (AvgIpc) is 2.99. The second-order valence-corrected chi connectivity index (χ2v) is 12.9. The maximum atomic E-state index is 13.6. The highest BCUT2D eigenvalue weighted by Crippen LogP contribution is 2.32. The van der Waals surface area contributed by atoms with Crippen LogP contribution < -0.4 is 5.73 Å². The summed E-state index contributed by atoms with van der Waals surface area (Å²) in [7, 11) is 0. The molecule has 12 heteroatoms. The third-order valence-electron chi connectivity index (χ3n) is 7.18. The summed E-state index contributed by atoms with van der Waals surface area (Å²) in [5.41, 5.74) is 5.92. The summed E-state index contributed by atoms with van der Waals surface area (Å²) in [6, 6.07) is 9.22. The van der Waals surface area contributed by atoms with Crippen molar-refractivity contribution in [2.24, 2.45) is 5.73 Å². The van der Waals surface area contributed by atoms with E-state index in [4.69, 9.17) is 34.2 Å². The van der Waals surface area contributed by atoms with Crippen molar-refractivity contribution in [3.63, 3.8) is 0 Å². The Morgan fingerprint density at radius 3 is 1.91 bits per heavy atom. The highest BCUT2D eigenvalue weighted by Gasteiger charge is 2.33. The lowest BCUT2D eigenvalue weighted by Crippen LogP contribution is -2.42. The molecule has 0 bridgehead atoms. The fourth-order valence-corrected chi connectivity index (χ4v) is 5.01. The number of imide groups is 1. The van der Waals surface area contributed by atoms with Gasteiger partial charge in [0.05, 0.1) is 72.2 Å². The first kappa shape index (κ1) is 38.0. The van der Waals surface area contributed by atoms with E-state index in [1.165, 1.54) is 4.90 Å². The Kier molecular flexibility index (Phi) is 14.7. The van der Waals surface area contributed by atoms with Crippen molar-refractivity contribution < 1.29 is 47.6 Å². The van der Waals surface area contributed by atoms with Crippen molar-refractivity contribution >= 4 is 34.5 Å². The van der Waals surface area contributed by atoms with Gasteiger partial charge in [-0.05, 0) is 70.5 Å². The third-order valence-corrected chi connectivity index (χ3v) is 7.18. The van der Waals surface area contributed by atoms with Gasteiger partial charge in [-0.25, -0.2) is 0 Å². The Morgan fingerprint density at radius 1 is 0.723 bits per heavy atom. The van der Waals surface area contributed by atoms with Crippen LogP contribution in [-0.4, -0.2) is 106 Å². The standard InChI is InChI=1S/C35H50N2O10/c1-34(2,3)46-29(38)10-15-42-20-22-45-18-14-37-32(40)27-8-6-7-26-23-25(24-28(31(26)27)33(37)41)9-12-35(4,5)47-30(39)11-16-43-19-21-44-17-13-36/h6-8,23-24H,9-22,36H2,1-5H3. The maximum Gasteiger partial charge on any atom is 0.308 e. The van der Waals surface area contributed by atoms with Crippen molar-refractivity contribution in [3.8, 4) is 0 Å². The number of nitrogens with two attached hydrogens (primary N) is 1. The SMILES string of the molecule is CC(C)(C)OC(=O)CCOCCOCCN1C(=O)c2cccc3cc(CCC(C)(C)OC(=O)CCOCCOCCN)cc(c23)C1=O. The van der Waals surface area contributed by atoms with Gasteiger partial charge in [-0.1, -0.05) is 18.2 Å². The molecule has 2 aromatic carbocycles. The van der Waals surface area contributed by atoms with Gasteiger partial charge >= 0.3 is 11.9 Å². The zero-order valence-corrected chi connectivity index (χ0v) is 28.4. The van der Waals surface area contributed by atoms with Crippen molar-refractivity contribution in [2.45, 2.75) is 71.5 Å². The van der Waals surface area contributed by atoms with Crippen LogP contribution in [0.1, 0.15) is 80.2 Å². The van der Waals surface area contributed by atoms with Gasteiger partial charge in [0.2, 0.25) is 0 Å². The number of aryl methyl sites for hydroxylation is 1. The van der Waals surface area contributed by atoms with E-state index in [0.717, 1.165) is 10.9 Å². The van der Waals surface area contributed by atoms with Gasteiger partial charge in [0.15, 0.2) is 0 Å². The molecule has 2 N–H and O–H groups in total.